The van der Waals surface area contributed by atoms with Crippen LogP contribution < -0.4 is 15.0 Å². The van der Waals surface area contributed by atoms with Crippen LogP contribution in [0, 0.1) is 17.8 Å². The Morgan fingerprint density at radius 2 is 1.73 bits per heavy atom. The number of nitrogens with one attached hydrogen (secondary N) is 1. The molecule has 74 heavy (non-hydrogen) atoms. The molecule has 406 valence electrons. The Morgan fingerprint density at radius 1 is 1.04 bits per heavy atom. The summed E-state index contributed by atoms with van der Waals surface area (Å²) in [6.07, 6.45) is 1.97. The van der Waals surface area contributed by atoms with Gasteiger partial charge < -0.3 is 43.7 Å². The molecular weight excluding hydrogens is 1000 g/mol. The Balaban J connectivity index is 0.985. The number of allylic oxidation sites excluding steroid dienone is 3. The van der Waals surface area contributed by atoms with Crippen molar-refractivity contribution in [1.29, 1.82) is 0 Å². The van der Waals surface area contributed by atoms with Gasteiger partial charge in [0.2, 0.25) is 29.5 Å². The number of aliphatic hydroxyl groups is 2. The highest BCUT2D eigenvalue weighted by Gasteiger charge is 2.64. The lowest BCUT2D eigenvalue weighted by Gasteiger charge is -2.42. The van der Waals surface area contributed by atoms with Crippen molar-refractivity contribution in [2.75, 3.05) is 52.1 Å². The van der Waals surface area contributed by atoms with Gasteiger partial charge in [0.25, 0.3) is 0 Å². The Bertz CT molecular complexity index is 2420. The van der Waals surface area contributed by atoms with Gasteiger partial charge in [-0.15, -0.1) is 11.8 Å². The SMILES string of the molecule is COc1cc2cc(c1Cl)N(C)C(O)C[C@H](OC(=O)[C@H](C)N(C)C(=O)CCS[C@H]1CC(=O)N(C[C@H]3CC[C@H](C(=O)CN4C(=O)CCC4=O)CC3)C1=O)[C@]1(C)O[C@H]1[C@H](C)[C@@H]1C[C@@](O)(NC(=O)O1)[C@H](OC)/C=C/C=C(\C)C2. The second-order valence-corrected chi connectivity index (χ2v) is 22.5. The Labute approximate surface area is 440 Å². The monoisotopic (exact) mass is 1070 g/mol. The van der Waals surface area contributed by atoms with Crippen molar-refractivity contribution in [1.82, 2.24) is 20.0 Å². The summed E-state index contributed by atoms with van der Waals surface area (Å²) in [6, 6.07) is 2.50. The Morgan fingerprint density at radius 3 is 2.39 bits per heavy atom. The number of hydrogen-bond acceptors (Lipinski definition) is 17. The zero-order chi connectivity index (χ0) is 54.0. The average molecular weight is 1070 g/mol. The molecule has 0 aromatic heterocycles. The van der Waals surface area contributed by atoms with Crippen LogP contribution >= 0.6 is 23.4 Å². The van der Waals surface area contributed by atoms with Crippen molar-refractivity contribution >= 4 is 76.4 Å². The zero-order valence-corrected chi connectivity index (χ0v) is 44.9. The van der Waals surface area contributed by atoms with Crippen molar-refractivity contribution in [3.05, 3.63) is 46.5 Å². The second-order valence-electron chi connectivity index (χ2n) is 20.8. The largest absolute Gasteiger partial charge is 0.495 e. The number of hydrogen-bond donors (Lipinski definition) is 3. The number of carbonyl (C=O) groups is 8. The number of epoxide rings is 1. The minimum atomic E-state index is -1.87. The molecule has 5 fully saturated rings. The van der Waals surface area contributed by atoms with E-state index < -0.39 is 77.1 Å². The smallest absolute Gasteiger partial charge is 0.409 e. The molecule has 6 amide bonds. The molecule has 5 heterocycles. The number of ketones is 1. The number of likely N-dealkylation sites (N-methyl/N-ethyl adjacent to an activating group) is 1. The number of amides is 6. The van der Waals surface area contributed by atoms with Crippen LogP contribution in [0.2, 0.25) is 5.02 Å². The zero-order valence-electron chi connectivity index (χ0n) is 43.3. The summed E-state index contributed by atoms with van der Waals surface area (Å²) in [4.78, 5) is 109. The molecule has 1 aromatic carbocycles. The number of aliphatic hydroxyl groups excluding tert-OH is 1. The van der Waals surface area contributed by atoms with E-state index in [-0.39, 0.29) is 104 Å². The summed E-state index contributed by atoms with van der Waals surface area (Å²) in [7, 11) is 6.01. The van der Waals surface area contributed by atoms with E-state index in [1.807, 2.05) is 19.1 Å². The first-order valence-corrected chi connectivity index (χ1v) is 26.7. The van der Waals surface area contributed by atoms with Gasteiger partial charge in [0, 0.05) is 83.9 Å². The first kappa shape index (κ1) is 56.7. The Kier molecular flexibility index (Phi) is 18.0. The predicted octanol–water partition coefficient (Wildman–Crippen LogP) is 4.08. The van der Waals surface area contributed by atoms with Gasteiger partial charge in [-0.25, -0.2) is 9.59 Å². The molecule has 4 saturated heterocycles. The van der Waals surface area contributed by atoms with Crippen LogP contribution in [-0.4, -0.2) is 173 Å². The number of benzene rings is 1. The first-order chi connectivity index (χ1) is 35.0. The first-order valence-electron chi connectivity index (χ1n) is 25.3. The molecule has 10 atom stereocenters. The van der Waals surface area contributed by atoms with E-state index in [1.165, 1.54) is 49.8 Å². The fourth-order valence-electron chi connectivity index (χ4n) is 10.8. The average Bonchev–Trinajstić information content (AvgIpc) is 3.87. The van der Waals surface area contributed by atoms with Gasteiger partial charge in [0.1, 0.15) is 47.0 Å². The molecule has 6 aliphatic rings. The molecular formula is C52H70ClN5O15S. The van der Waals surface area contributed by atoms with Gasteiger partial charge in [-0.05, 0) is 76.5 Å². The molecule has 20 nitrogen and oxygen atoms in total. The number of Topliss-reactive ketones (excluding diaryl/α,β-unsaturated/α-hetero) is 1. The molecule has 7 rings (SSSR count). The van der Waals surface area contributed by atoms with E-state index in [4.69, 9.17) is 35.3 Å². The number of nitrogens with zero attached hydrogens (tertiary/aromatic N) is 4. The van der Waals surface area contributed by atoms with Crippen LogP contribution in [0.25, 0.3) is 0 Å². The number of anilines is 1. The number of ether oxygens (including phenoxy) is 5. The van der Waals surface area contributed by atoms with Gasteiger partial charge in [-0.2, -0.15) is 0 Å². The van der Waals surface area contributed by atoms with E-state index >= 15 is 0 Å². The standard InChI is InChI=1S/C52H70ClN5O15S/c1-28-10-9-11-39(70-8)52(68)25-37(71-50(67)54-52)29(2)47-51(4,73-47)40(24-44(63)56(6)34-21-32(20-28)22-36(69-7)46(34)53)72-49(66)30(3)55(5)41(60)18-19-74-38-23-45(64)58(48(38)65)26-31-12-14-33(15-13-31)35(59)27-57-42(61)16-17-43(57)62/h9-11,21-22,29-31,33,37-40,44,47,63,68H,12-20,23-27H2,1-8H3,(H,54,67)/b11-9+,28-10+/t29-,30+,31-,33-,37+,38+,39-,40+,44?,47+,51+,52+/m1/s1. The summed E-state index contributed by atoms with van der Waals surface area (Å²) in [5, 5.41) is 25.9. The van der Waals surface area contributed by atoms with Crippen LogP contribution in [-0.2, 0) is 58.9 Å². The maximum atomic E-state index is 14.2. The topological polar surface area (TPSA) is 251 Å². The number of methoxy groups -OCH3 is 2. The molecule has 3 N–H and O–H groups in total. The lowest BCUT2D eigenvalue weighted by molar-refractivity contribution is -0.162. The van der Waals surface area contributed by atoms with Crippen molar-refractivity contribution in [3.8, 4) is 5.75 Å². The summed E-state index contributed by atoms with van der Waals surface area (Å²) < 4.78 is 29.6. The molecule has 4 bridgehead atoms. The van der Waals surface area contributed by atoms with Crippen LogP contribution in [0.3, 0.4) is 0 Å². The van der Waals surface area contributed by atoms with Crippen molar-refractivity contribution < 1.29 is 72.3 Å². The van der Waals surface area contributed by atoms with Gasteiger partial charge in [0.05, 0.1) is 30.7 Å². The number of esters is 1. The Hall–Kier alpha value is -5.06. The summed E-state index contributed by atoms with van der Waals surface area (Å²) >= 11 is 8.05. The number of halogens is 1. The molecule has 0 radical (unpaired) electrons. The van der Waals surface area contributed by atoms with Crippen molar-refractivity contribution in [2.45, 2.75) is 152 Å². The van der Waals surface area contributed by atoms with E-state index in [2.05, 4.69) is 5.32 Å². The number of alkyl carbamates (subject to hydrolysis) is 1. The van der Waals surface area contributed by atoms with E-state index in [9.17, 15) is 48.6 Å². The van der Waals surface area contributed by atoms with Crippen LogP contribution in [0.5, 0.6) is 5.75 Å². The number of imide groups is 2. The fraction of sp³-hybridized carbons (Fsp3) is 0.654. The van der Waals surface area contributed by atoms with Gasteiger partial charge in [0.15, 0.2) is 11.5 Å². The molecule has 0 spiro atoms. The summed E-state index contributed by atoms with van der Waals surface area (Å²) in [6.45, 7) is 6.95. The molecule has 5 aliphatic heterocycles. The molecule has 1 aliphatic carbocycles. The number of carbonyl (C=O) groups excluding carboxylic acids is 8. The normalized spacial score (nSPS) is 33.2. The minimum absolute atomic E-state index is 0.00663. The molecule has 1 saturated carbocycles. The van der Waals surface area contributed by atoms with E-state index in [0.717, 1.165) is 16.0 Å². The van der Waals surface area contributed by atoms with Gasteiger partial charge in [-0.3, -0.25) is 43.9 Å². The third-order valence-electron chi connectivity index (χ3n) is 15.7. The highest BCUT2D eigenvalue weighted by atomic mass is 35.5. The van der Waals surface area contributed by atoms with Gasteiger partial charge >= 0.3 is 12.1 Å². The molecule has 1 aromatic rings. The lowest BCUT2D eigenvalue weighted by Crippen LogP contribution is -2.63. The maximum absolute atomic E-state index is 14.2. The van der Waals surface area contributed by atoms with Crippen LogP contribution in [0.1, 0.15) is 97.5 Å². The highest BCUT2D eigenvalue weighted by Crippen LogP contribution is 2.50. The molecule has 1 unspecified atom stereocenters. The number of fused-ring (bicyclic) bond motifs is 5. The number of likely N-dealkylation sites (tertiary alicyclic amines) is 2. The lowest BCUT2D eigenvalue weighted by atomic mass is 9.79. The van der Waals surface area contributed by atoms with Crippen molar-refractivity contribution in [2.24, 2.45) is 17.8 Å². The number of rotatable bonds is 14. The summed E-state index contributed by atoms with van der Waals surface area (Å²) in [5.41, 5.74) is -0.970. The van der Waals surface area contributed by atoms with E-state index in [1.54, 1.807) is 44.0 Å². The van der Waals surface area contributed by atoms with Crippen LogP contribution in [0.4, 0.5) is 10.5 Å². The fourth-order valence-corrected chi connectivity index (χ4v) is 12.2. The maximum Gasteiger partial charge on any atom is 0.409 e. The van der Waals surface area contributed by atoms with E-state index in [0.29, 0.717) is 43.5 Å². The third-order valence-corrected chi connectivity index (χ3v) is 17.3. The summed E-state index contributed by atoms with van der Waals surface area (Å²) in [5.74, 6) is -2.95. The van der Waals surface area contributed by atoms with Gasteiger partial charge in [-0.1, -0.05) is 42.3 Å². The second kappa shape index (κ2) is 23.5. The quantitative estimate of drug-likeness (QED) is 0.135. The third kappa shape index (κ3) is 12.4. The van der Waals surface area contributed by atoms with Crippen molar-refractivity contribution in [3.63, 3.8) is 0 Å². The van der Waals surface area contributed by atoms with Crippen LogP contribution in [0.15, 0.2) is 35.9 Å². The minimum Gasteiger partial charge on any atom is -0.495 e. The predicted molar refractivity (Wildman–Crippen MR) is 271 cm³/mol. The molecule has 22 heteroatoms. The highest BCUT2D eigenvalue weighted by molar-refractivity contribution is 8.00. The number of thioether (sulfide) groups is 1.